The zero-order valence-electron chi connectivity index (χ0n) is 22.8. The lowest BCUT2D eigenvalue weighted by atomic mass is 9.96. The van der Waals surface area contributed by atoms with E-state index in [9.17, 15) is 5.11 Å². The molecule has 208 valence electrons. The number of hydrogen-bond donors (Lipinski definition) is 1. The Morgan fingerprint density at radius 3 is 2.17 bits per heavy atom. The molecule has 1 aromatic heterocycles. The van der Waals surface area contributed by atoms with Crippen LogP contribution in [0.2, 0.25) is 0 Å². The van der Waals surface area contributed by atoms with E-state index in [0.717, 1.165) is 47.5 Å². The first-order valence-corrected chi connectivity index (χ1v) is 14.5. The van der Waals surface area contributed by atoms with Gasteiger partial charge in [-0.25, -0.2) is 0 Å². The topological polar surface area (TPSA) is 71.0 Å². The van der Waals surface area contributed by atoms with Gasteiger partial charge in [-0.2, -0.15) is 0 Å². The second-order valence-corrected chi connectivity index (χ2v) is 11.0. The molecule has 1 unspecified atom stereocenters. The van der Waals surface area contributed by atoms with Crippen molar-refractivity contribution in [1.82, 2.24) is 20.0 Å². The van der Waals surface area contributed by atoms with E-state index in [0.29, 0.717) is 13.2 Å². The average Bonchev–Trinajstić information content (AvgIpc) is 3.45. The Kier molecular flexibility index (Phi) is 10.1. The highest BCUT2D eigenvalue weighted by molar-refractivity contribution is 7.12. The zero-order chi connectivity index (χ0) is 27.6. The molecule has 3 aromatic carbocycles. The first kappa shape index (κ1) is 28.1. The van der Waals surface area contributed by atoms with Gasteiger partial charge in [-0.05, 0) is 29.3 Å². The summed E-state index contributed by atoms with van der Waals surface area (Å²) in [5.74, 6) is 0.734. The van der Waals surface area contributed by atoms with Crippen molar-refractivity contribution in [2.75, 3.05) is 46.4 Å². The Labute approximate surface area is 240 Å². The van der Waals surface area contributed by atoms with Crippen molar-refractivity contribution in [3.05, 3.63) is 112 Å². The minimum atomic E-state index is -0.581. The molecule has 1 N–H and O–H groups in total. The molecular weight excluding hydrogens is 520 g/mol. The van der Waals surface area contributed by atoms with Crippen LogP contribution in [-0.2, 0) is 11.3 Å². The Balaban J connectivity index is 1.13. The van der Waals surface area contributed by atoms with Crippen molar-refractivity contribution < 1.29 is 14.6 Å². The number of aliphatic hydroxyl groups excluding tert-OH is 1. The van der Waals surface area contributed by atoms with Gasteiger partial charge in [0.15, 0.2) is 0 Å². The van der Waals surface area contributed by atoms with Crippen LogP contribution in [0, 0.1) is 0 Å². The van der Waals surface area contributed by atoms with E-state index in [-0.39, 0.29) is 12.6 Å². The fourth-order valence-electron chi connectivity index (χ4n) is 5.05. The Hall–Kier alpha value is -3.40. The van der Waals surface area contributed by atoms with Crippen LogP contribution in [0.15, 0.2) is 84.9 Å². The molecular formula is C32H36N4O3S. The van der Waals surface area contributed by atoms with Gasteiger partial charge in [0, 0.05) is 45.4 Å². The number of ether oxygens (including phenoxy) is 2. The molecule has 0 aliphatic carbocycles. The summed E-state index contributed by atoms with van der Waals surface area (Å²) in [5, 5.41) is 20.8. The number of piperazine rings is 1. The lowest BCUT2D eigenvalue weighted by molar-refractivity contribution is 0.0400. The fraction of sp³-hybridized carbons (Fsp3) is 0.312. The molecule has 1 saturated heterocycles. The summed E-state index contributed by atoms with van der Waals surface area (Å²) in [6, 6.07) is 29.5. The quantitative estimate of drug-likeness (QED) is 0.263. The van der Waals surface area contributed by atoms with Crippen molar-refractivity contribution >= 4 is 23.5 Å². The van der Waals surface area contributed by atoms with E-state index < -0.39 is 6.10 Å². The molecule has 1 aliphatic heterocycles. The Bertz CT molecular complexity index is 1300. The Morgan fingerprint density at radius 1 is 0.850 bits per heavy atom. The summed E-state index contributed by atoms with van der Waals surface area (Å²) in [5.41, 5.74) is 3.55. The van der Waals surface area contributed by atoms with Gasteiger partial charge < -0.3 is 14.6 Å². The van der Waals surface area contributed by atoms with Crippen LogP contribution >= 0.6 is 11.3 Å². The molecule has 0 amide bonds. The van der Waals surface area contributed by atoms with Crippen LogP contribution < -0.4 is 4.74 Å². The maximum absolute atomic E-state index is 10.8. The number of para-hydroxylation sites is 1. The number of rotatable bonds is 12. The number of nitrogens with zero attached hydrogens (tertiary/aromatic N) is 4. The maximum atomic E-state index is 10.8. The molecule has 0 saturated carbocycles. The first-order chi connectivity index (χ1) is 19.7. The van der Waals surface area contributed by atoms with Crippen LogP contribution in [0.5, 0.6) is 5.75 Å². The molecule has 4 aromatic rings. The van der Waals surface area contributed by atoms with E-state index in [4.69, 9.17) is 9.47 Å². The molecule has 2 heterocycles. The van der Waals surface area contributed by atoms with Gasteiger partial charge in [-0.3, -0.25) is 9.80 Å². The van der Waals surface area contributed by atoms with Crippen LogP contribution in [0.25, 0.3) is 12.2 Å². The molecule has 0 spiro atoms. The van der Waals surface area contributed by atoms with E-state index in [1.165, 1.54) is 22.5 Å². The third-order valence-corrected chi connectivity index (χ3v) is 7.84. The summed E-state index contributed by atoms with van der Waals surface area (Å²) in [7, 11) is 1.65. The molecule has 1 fully saturated rings. The second-order valence-electron chi connectivity index (χ2n) is 9.86. The minimum absolute atomic E-state index is 0.231. The number of methoxy groups -OCH3 is 1. The van der Waals surface area contributed by atoms with Crippen LogP contribution in [-0.4, -0.2) is 77.6 Å². The monoisotopic (exact) mass is 556 g/mol. The molecule has 40 heavy (non-hydrogen) atoms. The summed E-state index contributed by atoms with van der Waals surface area (Å²) in [6.07, 6.45) is 3.31. The zero-order valence-corrected chi connectivity index (χ0v) is 23.6. The normalized spacial score (nSPS) is 15.6. The Morgan fingerprint density at radius 2 is 1.50 bits per heavy atom. The SMILES string of the molecule is COCc1nnc(C=Cc2ccccc2OCC(O)CN2CCN(C(c3ccccc3)c3ccccc3)CC2)s1. The summed E-state index contributed by atoms with van der Waals surface area (Å²) in [6.45, 7) is 4.96. The summed E-state index contributed by atoms with van der Waals surface area (Å²) >= 11 is 1.50. The maximum Gasteiger partial charge on any atom is 0.143 e. The number of benzene rings is 3. The average molecular weight is 557 g/mol. The van der Waals surface area contributed by atoms with Crippen molar-refractivity contribution in [3.63, 3.8) is 0 Å². The van der Waals surface area contributed by atoms with Crippen LogP contribution in [0.1, 0.15) is 32.7 Å². The predicted octanol–water partition coefficient (Wildman–Crippen LogP) is 5.00. The standard InChI is InChI=1S/C32H36N4O3S/c1-38-24-31-34-33-30(40-31)17-16-25-10-8-9-15-29(25)39-23-28(37)22-35-18-20-36(21-19-35)32(26-11-4-2-5-12-26)27-13-6-3-7-14-27/h2-17,28,32,37H,18-24H2,1H3. The number of aliphatic hydroxyl groups is 1. The van der Waals surface area contributed by atoms with Gasteiger partial charge in [-0.15, -0.1) is 10.2 Å². The largest absolute Gasteiger partial charge is 0.490 e. The summed E-state index contributed by atoms with van der Waals surface area (Å²) in [4.78, 5) is 4.87. The second kappa shape index (κ2) is 14.3. The highest BCUT2D eigenvalue weighted by atomic mass is 32.1. The van der Waals surface area contributed by atoms with E-state index in [1.54, 1.807) is 7.11 Å². The van der Waals surface area contributed by atoms with Gasteiger partial charge in [0.2, 0.25) is 0 Å². The van der Waals surface area contributed by atoms with Gasteiger partial charge in [0.05, 0.1) is 12.6 Å². The van der Waals surface area contributed by atoms with Crippen molar-refractivity contribution in [2.24, 2.45) is 0 Å². The van der Waals surface area contributed by atoms with E-state index in [1.807, 2.05) is 36.4 Å². The smallest absolute Gasteiger partial charge is 0.143 e. The summed E-state index contributed by atoms with van der Waals surface area (Å²) < 4.78 is 11.2. The van der Waals surface area contributed by atoms with Crippen LogP contribution in [0.3, 0.4) is 0 Å². The van der Waals surface area contributed by atoms with Gasteiger partial charge in [-0.1, -0.05) is 90.2 Å². The van der Waals surface area contributed by atoms with Crippen molar-refractivity contribution in [2.45, 2.75) is 18.8 Å². The number of aromatic nitrogens is 2. The fourth-order valence-corrected chi connectivity index (χ4v) is 5.77. The number of hydrogen-bond acceptors (Lipinski definition) is 8. The highest BCUT2D eigenvalue weighted by Gasteiger charge is 2.27. The lowest BCUT2D eigenvalue weighted by Gasteiger charge is -2.40. The number of β-amino-alcohol motifs (C(OH)–C–C–N with tert-alkyl or cyclic N) is 1. The minimum Gasteiger partial charge on any atom is -0.490 e. The molecule has 5 rings (SSSR count). The van der Waals surface area contributed by atoms with E-state index >= 15 is 0 Å². The third-order valence-electron chi connectivity index (χ3n) is 6.98. The molecule has 0 bridgehead atoms. The van der Waals surface area contributed by atoms with Crippen LogP contribution in [0.4, 0.5) is 0 Å². The van der Waals surface area contributed by atoms with Crippen molar-refractivity contribution in [1.29, 1.82) is 0 Å². The lowest BCUT2D eigenvalue weighted by Crippen LogP contribution is -2.50. The molecule has 7 nitrogen and oxygen atoms in total. The third kappa shape index (κ3) is 7.62. The predicted molar refractivity (Wildman–Crippen MR) is 160 cm³/mol. The molecule has 1 atom stereocenters. The first-order valence-electron chi connectivity index (χ1n) is 13.6. The molecule has 8 heteroatoms. The van der Waals surface area contributed by atoms with Gasteiger partial charge in [0.25, 0.3) is 0 Å². The van der Waals surface area contributed by atoms with E-state index in [2.05, 4.69) is 80.7 Å². The molecule has 0 radical (unpaired) electrons. The van der Waals surface area contributed by atoms with Crippen molar-refractivity contribution in [3.8, 4) is 5.75 Å². The van der Waals surface area contributed by atoms with Gasteiger partial charge in [0.1, 0.15) is 28.5 Å². The van der Waals surface area contributed by atoms with Gasteiger partial charge >= 0.3 is 0 Å². The highest BCUT2D eigenvalue weighted by Crippen LogP contribution is 2.29. The molecule has 1 aliphatic rings.